The van der Waals surface area contributed by atoms with Crippen molar-refractivity contribution in [2.45, 2.75) is 25.7 Å². The van der Waals surface area contributed by atoms with E-state index in [2.05, 4.69) is 4.98 Å². The first-order valence-corrected chi connectivity index (χ1v) is 6.81. The SMILES string of the molecule is COC(=O)c1sc2ncc3c(c2c1N)CCCC3. The number of aryl methyl sites for hydroxylation is 2. The van der Waals surface area contributed by atoms with Gasteiger partial charge in [0.25, 0.3) is 0 Å². The highest BCUT2D eigenvalue weighted by molar-refractivity contribution is 7.21. The summed E-state index contributed by atoms with van der Waals surface area (Å²) in [6.45, 7) is 0. The van der Waals surface area contributed by atoms with Crippen molar-refractivity contribution in [3.63, 3.8) is 0 Å². The molecule has 5 heteroatoms. The molecule has 2 aromatic rings. The Morgan fingerprint density at radius 3 is 3.00 bits per heavy atom. The zero-order valence-electron chi connectivity index (χ0n) is 10.2. The second kappa shape index (κ2) is 4.24. The first kappa shape index (κ1) is 11.5. The average Bonchev–Trinajstić information content (AvgIpc) is 2.76. The van der Waals surface area contributed by atoms with Gasteiger partial charge in [0, 0.05) is 11.6 Å². The fraction of sp³-hybridized carbons (Fsp3) is 0.385. The molecule has 0 bridgehead atoms. The number of nitrogens with two attached hydrogens (primary N) is 1. The number of fused-ring (bicyclic) bond motifs is 3. The maximum Gasteiger partial charge on any atom is 0.350 e. The molecule has 1 aliphatic carbocycles. The minimum absolute atomic E-state index is 0.375. The number of aromatic nitrogens is 1. The number of pyridine rings is 1. The summed E-state index contributed by atoms with van der Waals surface area (Å²) < 4.78 is 4.75. The summed E-state index contributed by atoms with van der Waals surface area (Å²) in [5, 5.41) is 0.970. The summed E-state index contributed by atoms with van der Waals surface area (Å²) in [5.74, 6) is -0.375. The minimum Gasteiger partial charge on any atom is -0.465 e. The third kappa shape index (κ3) is 1.58. The van der Waals surface area contributed by atoms with Gasteiger partial charge in [-0.1, -0.05) is 0 Å². The Bertz CT molecular complexity index is 633. The molecule has 0 saturated carbocycles. The molecule has 2 heterocycles. The number of methoxy groups -OCH3 is 1. The van der Waals surface area contributed by atoms with E-state index in [0.29, 0.717) is 10.6 Å². The van der Waals surface area contributed by atoms with Crippen LogP contribution in [-0.2, 0) is 17.6 Å². The van der Waals surface area contributed by atoms with Gasteiger partial charge in [-0.05, 0) is 36.8 Å². The predicted molar refractivity (Wildman–Crippen MR) is 72.0 cm³/mol. The van der Waals surface area contributed by atoms with Gasteiger partial charge < -0.3 is 10.5 Å². The van der Waals surface area contributed by atoms with Gasteiger partial charge in [-0.15, -0.1) is 11.3 Å². The molecule has 1 aliphatic rings. The molecule has 94 valence electrons. The van der Waals surface area contributed by atoms with Crippen molar-refractivity contribution < 1.29 is 9.53 Å². The molecule has 18 heavy (non-hydrogen) atoms. The van der Waals surface area contributed by atoms with E-state index in [1.165, 1.54) is 42.4 Å². The molecule has 0 aromatic carbocycles. The van der Waals surface area contributed by atoms with Gasteiger partial charge in [-0.3, -0.25) is 0 Å². The fourth-order valence-electron chi connectivity index (χ4n) is 2.55. The van der Waals surface area contributed by atoms with Crippen LogP contribution in [-0.4, -0.2) is 18.1 Å². The van der Waals surface area contributed by atoms with Gasteiger partial charge in [0.1, 0.15) is 9.71 Å². The lowest BCUT2D eigenvalue weighted by Crippen LogP contribution is -2.05. The van der Waals surface area contributed by atoms with E-state index >= 15 is 0 Å². The van der Waals surface area contributed by atoms with Crippen molar-refractivity contribution in [2.24, 2.45) is 0 Å². The average molecular weight is 262 g/mol. The number of ether oxygens (including phenoxy) is 1. The van der Waals surface area contributed by atoms with Crippen molar-refractivity contribution in [2.75, 3.05) is 12.8 Å². The highest BCUT2D eigenvalue weighted by atomic mass is 32.1. The molecule has 4 nitrogen and oxygen atoms in total. The van der Waals surface area contributed by atoms with Gasteiger partial charge in [-0.25, -0.2) is 9.78 Å². The number of hydrogen-bond acceptors (Lipinski definition) is 5. The maximum absolute atomic E-state index is 11.7. The number of nitrogen functional groups attached to an aromatic ring is 1. The largest absolute Gasteiger partial charge is 0.465 e. The molecule has 0 saturated heterocycles. The minimum atomic E-state index is -0.375. The highest BCUT2D eigenvalue weighted by Crippen LogP contribution is 2.38. The number of carbonyl (C=O) groups excluding carboxylic acids is 1. The third-order valence-corrected chi connectivity index (χ3v) is 4.54. The Labute approximate surface area is 109 Å². The number of thiophene rings is 1. The van der Waals surface area contributed by atoms with Crippen LogP contribution in [0.5, 0.6) is 0 Å². The monoisotopic (exact) mass is 262 g/mol. The Balaban J connectivity index is 2.28. The first-order chi connectivity index (χ1) is 8.72. The Kier molecular flexibility index (Phi) is 2.70. The van der Waals surface area contributed by atoms with Crippen LogP contribution >= 0.6 is 11.3 Å². The van der Waals surface area contributed by atoms with E-state index in [1.807, 2.05) is 6.20 Å². The van der Waals surface area contributed by atoms with Crippen LogP contribution in [0.25, 0.3) is 10.2 Å². The zero-order valence-corrected chi connectivity index (χ0v) is 11.0. The van der Waals surface area contributed by atoms with Crippen LogP contribution in [0.2, 0.25) is 0 Å². The van der Waals surface area contributed by atoms with Crippen molar-refractivity contribution in [1.82, 2.24) is 4.98 Å². The topological polar surface area (TPSA) is 65.2 Å². The summed E-state index contributed by atoms with van der Waals surface area (Å²) in [6, 6.07) is 0. The van der Waals surface area contributed by atoms with Gasteiger partial charge in [0.15, 0.2) is 0 Å². The van der Waals surface area contributed by atoms with Crippen LogP contribution in [0, 0.1) is 0 Å². The number of hydrogen-bond donors (Lipinski definition) is 1. The fourth-order valence-corrected chi connectivity index (χ4v) is 3.56. The van der Waals surface area contributed by atoms with Gasteiger partial charge in [0.05, 0.1) is 12.8 Å². The third-order valence-electron chi connectivity index (χ3n) is 3.45. The van der Waals surface area contributed by atoms with Crippen LogP contribution in [0.4, 0.5) is 5.69 Å². The molecule has 0 atom stereocenters. The summed E-state index contributed by atoms with van der Waals surface area (Å²) in [4.78, 5) is 17.4. The Morgan fingerprint density at radius 1 is 1.44 bits per heavy atom. The number of anilines is 1. The highest BCUT2D eigenvalue weighted by Gasteiger charge is 2.22. The van der Waals surface area contributed by atoms with Crippen LogP contribution in [0.15, 0.2) is 6.20 Å². The Morgan fingerprint density at radius 2 is 2.22 bits per heavy atom. The van der Waals surface area contributed by atoms with E-state index in [0.717, 1.165) is 23.1 Å². The van der Waals surface area contributed by atoms with Crippen LogP contribution in [0.3, 0.4) is 0 Å². The van der Waals surface area contributed by atoms with E-state index in [4.69, 9.17) is 10.5 Å². The normalized spacial score (nSPS) is 14.5. The summed E-state index contributed by atoms with van der Waals surface area (Å²) in [5.41, 5.74) is 9.19. The van der Waals surface area contributed by atoms with Gasteiger partial charge >= 0.3 is 5.97 Å². The standard InChI is InChI=1S/C13H14N2O2S/c1-17-13(16)11-10(14)9-8-5-3-2-4-7(8)6-15-12(9)18-11/h6H,2-5,14H2,1H3. The van der Waals surface area contributed by atoms with E-state index in [-0.39, 0.29) is 5.97 Å². The molecule has 0 aliphatic heterocycles. The first-order valence-electron chi connectivity index (χ1n) is 5.99. The lowest BCUT2D eigenvalue weighted by Gasteiger charge is -2.16. The number of rotatable bonds is 1. The predicted octanol–water partition coefficient (Wildman–Crippen LogP) is 2.54. The molecule has 3 rings (SSSR count). The Hall–Kier alpha value is -1.62. The van der Waals surface area contributed by atoms with Gasteiger partial charge in [0.2, 0.25) is 0 Å². The van der Waals surface area contributed by atoms with E-state index in [1.54, 1.807) is 0 Å². The molecule has 0 spiro atoms. The van der Waals surface area contributed by atoms with Crippen LogP contribution in [0.1, 0.15) is 33.6 Å². The van der Waals surface area contributed by atoms with Gasteiger partial charge in [-0.2, -0.15) is 0 Å². The second-order valence-corrected chi connectivity index (χ2v) is 5.48. The zero-order chi connectivity index (χ0) is 12.7. The molecule has 0 radical (unpaired) electrons. The molecule has 0 unspecified atom stereocenters. The lowest BCUT2D eigenvalue weighted by atomic mass is 9.91. The maximum atomic E-state index is 11.7. The van der Waals surface area contributed by atoms with Crippen LogP contribution < -0.4 is 5.73 Å². The molecule has 2 aromatic heterocycles. The van der Waals surface area contributed by atoms with Crippen molar-refractivity contribution in [3.05, 3.63) is 22.2 Å². The number of esters is 1. The van der Waals surface area contributed by atoms with Crippen molar-refractivity contribution in [3.8, 4) is 0 Å². The molecule has 2 N–H and O–H groups in total. The summed E-state index contributed by atoms with van der Waals surface area (Å²) in [6.07, 6.45) is 6.38. The molecular formula is C13H14N2O2S. The summed E-state index contributed by atoms with van der Waals surface area (Å²) in [7, 11) is 1.37. The smallest absolute Gasteiger partial charge is 0.350 e. The molecular weight excluding hydrogens is 248 g/mol. The second-order valence-electron chi connectivity index (χ2n) is 4.49. The number of carbonyl (C=O) groups is 1. The molecule has 0 fully saturated rings. The lowest BCUT2D eigenvalue weighted by molar-refractivity contribution is 0.0607. The quantitative estimate of drug-likeness (QED) is 0.802. The number of nitrogens with zero attached hydrogens (tertiary/aromatic N) is 1. The molecule has 0 amide bonds. The van der Waals surface area contributed by atoms with E-state index < -0.39 is 0 Å². The van der Waals surface area contributed by atoms with Crippen molar-refractivity contribution in [1.29, 1.82) is 0 Å². The van der Waals surface area contributed by atoms with Crippen molar-refractivity contribution >= 4 is 33.2 Å². The van der Waals surface area contributed by atoms with E-state index in [9.17, 15) is 4.79 Å². The summed E-state index contributed by atoms with van der Waals surface area (Å²) >= 11 is 1.32.